The van der Waals surface area contributed by atoms with Crippen LogP contribution in [0.15, 0.2) is 87.6 Å². The second-order valence-corrected chi connectivity index (χ2v) is 16.4. The Labute approximate surface area is 381 Å². The SMILES string of the molecule is O[C@H](CNCCOCCOCCOCCOCCN1CCN(c2nc(-n3cc(Br)nc3Br)cs2)CC1)COc1ccc(OCc2ccc(F)cc2)c(OCc2ccc(F)cc2)c1. The maximum absolute atomic E-state index is 13.4. The van der Waals surface area contributed by atoms with Crippen molar-refractivity contribution in [2.45, 2.75) is 19.3 Å². The van der Waals surface area contributed by atoms with Crippen molar-refractivity contribution in [1.29, 1.82) is 0 Å². The van der Waals surface area contributed by atoms with Gasteiger partial charge in [0.1, 0.15) is 47.9 Å². The van der Waals surface area contributed by atoms with Gasteiger partial charge in [-0.15, -0.1) is 11.3 Å². The number of rotatable bonds is 28. The molecule has 0 unspecified atom stereocenters. The van der Waals surface area contributed by atoms with Crippen LogP contribution in [0.1, 0.15) is 11.1 Å². The highest BCUT2D eigenvalue weighted by molar-refractivity contribution is 9.11. The van der Waals surface area contributed by atoms with E-state index >= 15 is 0 Å². The quantitative estimate of drug-likeness (QED) is 0.0529. The molecule has 0 radical (unpaired) electrons. The third-order valence-corrected chi connectivity index (χ3v) is 11.3. The predicted molar refractivity (Wildman–Crippen MR) is 239 cm³/mol. The van der Waals surface area contributed by atoms with Crippen molar-refractivity contribution < 1.29 is 47.0 Å². The van der Waals surface area contributed by atoms with E-state index in [2.05, 4.69) is 52.0 Å². The van der Waals surface area contributed by atoms with Gasteiger partial charge in [-0.25, -0.2) is 18.7 Å². The number of benzene rings is 3. The number of hydrogen-bond donors (Lipinski definition) is 2. The van der Waals surface area contributed by atoms with Gasteiger partial charge in [0.15, 0.2) is 27.2 Å². The molecule has 62 heavy (non-hydrogen) atoms. The number of nitrogens with one attached hydrogen (secondary N) is 1. The Hall–Kier alpha value is -3.76. The first-order chi connectivity index (χ1) is 30.3. The summed E-state index contributed by atoms with van der Waals surface area (Å²) in [5, 5.41) is 16.7. The highest BCUT2D eigenvalue weighted by atomic mass is 79.9. The smallest absolute Gasteiger partial charge is 0.187 e. The van der Waals surface area contributed by atoms with E-state index in [1.54, 1.807) is 53.8 Å². The predicted octanol–water partition coefficient (Wildman–Crippen LogP) is 6.51. The minimum absolute atomic E-state index is 0.0448. The number of halogens is 4. The van der Waals surface area contributed by atoms with Gasteiger partial charge in [-0.1, -0.05) is 24.3 Å². The number of anilines is 1. The second-order valence-electron chi connectivity index (χ2n) is 14.1. The molecule has 3 heterocycles. The molecule has 0 bridgehead atoms. The highest BCUT2D eigenvalue weighted by Gasteiger charge is 2.20. The maximum Gasteiger partial charge on any atom is 0.187 e. The van der Waals surface area contributed by atoms with Gasteiger partial charge in [0.25, 0.3) is 0 Å². The number of hydrogen-bond acceptors (Lipinski definition) is 14. The molecule has 2 N–H and O–H groups in total. The Balaban J connectivity index is 0.736. The van der Waals surface area contributed by atoms with Gasteiger partial charge in [-0.05, 0) is 79.4 Å². The molecule has 14 nitrogen and oxygen atoms in total. The lowest BCUT2D eigenvalue weighted by atomic mass is 10.2. The van der Waals surface area contributed by atoms with E-state index in [1.807, 2.05) is 16.1 Å². The Kier molecular flexibility index (Phi) is 20.1. The molecule has 5 aromatic rings. The molecule has 1 aliphatic rings. The molecule has 2 aromatic heterocycles. The van der Waals surface area contributed by atoms with Gasteiger partial charge in [-0.3, -0.25) is 9.47 Å². The lowest BCUT2D eigenvalue weighted by molar-refractivity contribution is -0.00384. The van der Waals surface area contributed by atoms with Crippen molar-refractivity contribution in [2.24, 2.45) is 0 Å². The van der Waals surface area contributed by atoms with Crippen molar-refractivity contribution in [3.05, 3.63) is 110 Å². The van der Waals surface area contributed by atoms with Gasteiger partial charge < -0.3 is 48.5 Å². The number of imidazole rings is 1. The summed E-state index contributed by atoms with van der Waals surface area (Å²) in [5.74, 6) is 1.53. The molecule has 19 heteroatoms. The Morgan fingerprint density at radius 2 is 1.31 bits per heavy atom. The summed E-state index contributed by atoms with van der Waals surface area (Å²) >= 11 is 8.52. The summed E-state index contributed by atoms with van der Waals surface area (Å²) < 4.78 is 70.5. The van der Waals surface area contributed by atoms with Crippen molar-refractivity contribution in [3.8, 4) is 23.1 Å². The van der Waals surface area contributed by atoms with Crippen LogP contribution in [0.4, 0.5) is 13.9 Å². The number of nitrogens with zero attached hydrogens (tertiary/aromatic N) is 5. The standard InChI is InChI=1S/C43H52Br2F2N6O8S/c44-40-27-53(42(45)49-40)41-31-62-43(50-41)52-14-12-51(13-15-52)16-18-56-20-22-58-24-23-57-21-19-55-17-11-48-26-36(54)30-59-37-9-10-38(60-28-32-1-5-34(46)6-2-32)39(25-37)61-29-33-3-7-35(47)8-4-33/h1-10,25,27,31,36,48,54H,11-24,26,28-30H2/t36-/m1/s1. The van der Waals surface area contributed by atoms with E-state index < -0.39 is 6.10 Å². The van der Waals surface area contributed by atoms with E-state index in [9.17, 15) is 13.9 Å². The van der Waals surface area contributed by atoms with E-state index in [0.29, 0.717) is 87.9 Å². The van der Waals surface area contributed by atoms with E-state index in [0.717, 1.165) is 59.4 Å². The van der Waals surface area contributed by atoms with Crippen LogP contribution in [0, 0.1) is 11.6 Å². The van der Waals surface area contributed by atoms with Crippen molar-refractivity contribution in [2.75, 3.05) is 110 Å². The molecule has 1 fully saturated rings. The molecule has 3 aromatic carbocycles. The molecule has 0 aliphatic carbocycles. The number of aromatic nitrogens is 3. The zero-order valence-electron chi connectivity index (χ0n) is 34.3. The third-order valence-electron chi connectivity index (χ3n) is 9.45. The largest absolute Gasteiger partial charge is 0.491 e. The molecule has 6 rings (SSSR count). The van der Waals surface area contributed by atoms with Gasteiger partial charge in [0.05, 0.1) is 52.9 Å². The Bertz CT molecular complexity index is 2040. The first-order valence-electron chi connectivity index (χ1n) is 20.3. The van der Waals surface area contributed by atoms with Crippen LogP contribution in [0.25, 0.3) is 5.82 Å². The monoisotopic (exact) mass is 1010 g/mol. The summed E-state index contributed by atoms with van der Waals surface area (Å²) in [7, 11) is 0. The lowest BCUT2D eigenvalue weighted by Gasteiger charge is -2.34. The Morgan fingerprint density at radius 3 is 1.92 bits per heavy atom. The lowest BCUT2D eigenvalue weighted by Crippen LogP contribution is -2.47. The average Bonchev–Trinajstić information content (AvgIpc) is 3.91. The van der Waals surface area contributed by atoms with Crippen LogP contribution < -0.4 is 24.4 Å². The zero-order valence-corrected chi connectivity index (χ0v) is 38.3. The second kappa shape index (κ2) is 26.1. The number of ether oxygens (including phenoxy) is 7. The van der Waals surface area contributed by atoms with Gasteiger partial charge in [-0.2, -0.15) is 0 Å². The fourth-order valence-corrected chi connectivity index (χ4v) is 8.02. The van der Waals surface area contributed by atoms with E-state index in [4.69, 9.17) is 38.1 Å². The zero-order chi connectivity index (χ0) is 43.4. The summed E-state index contributed by atoms with van der Waals surface area (Å²) in [6.45, 7) is 9.99. The molecule has 0 saturated carbocycles. The molecular weight excluding hydrogens is 958 g/mol. The molecule has 0 spiro atoms. The van der Waals surface area contributed by atoms with Crippen LogP contribution in [-0.4, -0.2) is 136 Å². The number of aliphatic hydroxyl groups excluding tert-OH is 1. The molecule has 1 saturated heterocycles. The molecule has 336 valence electrons. The molecule has 1 atom stereocenters. The van der Waals surface area contributed by atoms with Crippen molar-refractivity contribution >= 4 is 48.3 Å². The van der Waals surface area contributed by atoms with Crippen LogP contribution in [-0.2, 0) is 32.2 Å². The van der Waals surface area contributed by atoms with Gasteiger partial charge in [0, 0.05) is 63.5 Å². The molecule has 1 aliphatic heterocycles. The Morgan fingerprint density at radius 1 is 0.710 bits per heavy atom. The van der Waals surface area contributed by atoms with Crippen LogP contribution in [0.5, 0.6) is 17.2 Å². The molecular formula is C43H52Br2F2N6O8S. The number of thiazole rings is 1. The minimum Gasteiger partial charge on any atom is -0.491 e. The fourth-order valence-electron chi connectivity index (χ4n) is 6.08. The number of piperazine rings is 1. The number of aliphatic hydroxyl groups is 1. The van der Waals surface area contributed by atoms with E-state index in [-0.39, 0.29) is 31.5 Å². The third kappa shape index (κ3) is 16.4. The normalized spacial score (nSPS) is 13.7. The summed E-state index contributed by atoms with van der Waals surface area (Å²) in [6.07, 6.45) is 1.12. The van der Waals surface area contributed by atoms with Crippen molar-refractivity contribution in [3.63, 3.8) is 0 Å². The summed E-state index contributed by atoms with van der Waals surface area (Å²) in [5.41, 5.74) is 1.56. The van der Waals surface area contributed by atoms with Crippen molar-refractivity contribution in [1.82, 2.24) is 24.8 Å². The first kappa shape index (κ1) is 47.7. The fraction of sp³-hybridized carbons (Fsp3) is 0.442. The maximum atomic E-state index is 13.4. The van der Waals surface area contributed by atoms with Crippen LogP contribution in [0.3, 0.4) is 0 Å². The molecule has 0 amide bonds. The average molecular weight is 1010 g/mol. The minimum atomic E-state index is -0.770. The van der Waals surface area contributed by atoms with Gasteiger partial charge in [0.2, 0.25) is 0 Å². The van der Waals surface area contributed by atoms with E-state index in [1.165, 1.54) is 24.3 Å². The highest BCUT2D eigenvalue weighted by Crippen LogP contribution is 2.33. The van der Waals surface area contributed by atoms with Gasteiger partial charge >= 0.3 is 0 Å². The first-order valence-corrected chi connectivity index (χ1v) is 22.8. The summed E-state index contributed by atoms with van der Waals surface area (Å²) in [4.78, 5) is 13.9. The summed E-state index contributed by atoms with van der Waals surface area (Å²) in [6, 6.07) is 17.2. The van der Waals surface area contributed by atoms with Crippen LogP contribution >= 0.6 is 43.2 Å². The van der Waals surface area contributed by atoms with Crippen LogP contribution in [0.2, 0.25) is 0 Å². The topological polar surface area (TPSA) is 134 Å².